The van der Waals surface area contributed by atoms with Crippen LogP contribution in [0.4, 0.5) is 4.39 Å². The molecule has 1 unspecified atom stereocenters. The van der Waals surface area contributed by atoms with Gasteiger partial charge in [-0.2, -0.15) is 0 Å². The first-order valence-electron chi connectivity index (χ1n) is 5.13. The minimum absolute atomic E-state index is 0.0953. The number of furan rings is 1. The summed E-state index contributed by atoms with van der Waals surface area (Å²) in [4.78, 5) is 0. The Hall–Kier alpha value is -1.06. The molecule has 2 N–H and O–H groups in total. The molecule has 4 heteroatoms. The van der Waals surface area contributed by atoms with Gasteiger partial charge >= 0.3 is 0 Å². The molecule has 1 atom stereocenters. The van der Waals surface area contributed by atoms with Gasteiger partial charge in [-0.15, -0.1) is 0 Å². The molecule has 0 fully saturated rings. The summed E-state index contributed by atoms with van der Waals surface area (Å²) >= 11 is 5.69. The summed E-state index contributed by atoms with van der Waals surface area (Å²) in [6.07, 6.45) is 0. The average Bonchev–Trinajstić information content (AvgIpc) is 2.67. The van der Waals surface area contributed by atoms with Gasteiger partial charge in [-0.1, -0.05) is 25.4 Å². The fourth-order valence-corrected chi connectivity index (χ4v) is 1.73. The Kier molecular flexibility index (Phi) is 2.91. The normalized spacial score (nSPS) is 13.6. The molecule has 0 saturated heterocycles. The topological polar surface area (TPSA) is 39.2 Å². The SMILES string of the molecule is CC(C)C(N)c1cc2c(F)c(Cl)ccc2o1. The Balaban J connectivity index is 2.56. The molecule has 0 aliphatic heterocycles. The zero-order valence-corrected chi connectivity index (χ0v) is 9.88. The summed E-state index contributed by atoms with van der Waals surface area (Å²) in [6, 6.07) is 4.52. The molecule has 1 aromatic heterocycles. The smallest absolute Gasteiger partial charge is 0.152 e. The third-order valence-electron chi connectivity index (χ3n) is 2.65. The van der Waals surface area contributed by atoms with E-state index < -0.39 is 5.82 Å². The van der Waals surface area contributed by atoms with Crippen LogP contribution in [0.25, 0.3) is 11.0 Å². The Morgan fingerprint density at radius 1 is 1.38 bits per heavy atom. The summed E-state index contributed by atoms with van der Waals surface area (Å²) in [5, 5.41) is 0.483. The largest absolute Gasteiger partial charge is 0.459 e. The fourth-order valence-electron chi connectivity index (χ4n) is 1.56. The lowest BCUT2D eigenvalue weighted by Gasteiger charge is -2.11. The average molecular weight is 242 g/mol. The molecule has 0 saturated carbocycles. The maximum Gasteiger partial charge on any atom is 0.152 e. The predicted octanol–water partition coefficient (Wildman–Crippen LogP) is 3.88. The first-order chi connectivity index (χ1) is 7.50. The van der Waals surface area contributed by atoms with E-state index in [9.17, 15) is 4.39 Å². The van der Waals surface area contributed by atoms with Gasteiger partial charge in [0.1, 0.15) is 11.3 Å². The monoisotopic (exact) mass is 241 g/mol. The van der Waals surface area contributed by atoms with E-state index in [0.717, 1.165) is 0 Å². The van der Waals surface area contributed by atoms with Crippen LogP contribution < -0.4 is 5.73 Å². The van der Waals surface area contributed by atoms with Gasteiger partial charge in [-0.25, -0.2) is 4.39 Å². The van der Waals surface area contributed by atoms with E-state index in [2.05, 4.69) is 0 Å². The quantitative estimate of drug-likeness (QED) is 0.867. The number of benzene rings is 1. The maximum atomic E-state index is 13.6. The molecule has 2 rings (SSSR count). The lowest BCUT2D eigenvalue weighted by Crippen LogP contribution is -2.15. The highest BCUT2D eigenvalue weighted by Crippen LogP contribution is 2.30. The minimum atomic E-state index is -0.454. The van der Waals surface area contributed by atoms with Crippen molar-refractivity contribution >= 4 is 22.6 Å². The van der Waals surface area contributed by atoms with Crippen LogP contribution in [0.2, 0.25) is 5.02 Å². The zero-order valence-electron chi connectivity index (χ0n) is 9.13. The lowest BCUT2D eigenvalue weighted by atomic mass is 10.0. The van der Waals surface area contributed by atoms with Gasteiger partial charge in [-0.3, -0.25) is 0 Å². The van der Waals surface area contributed by atoms with Crippen LogP contribution >= 0.6 is 11.6 Å². The first kappa shape index (κ1) is 11.4. The number of nitrogens with two attached hydrogens (primary N) is 1. The summed E-state index contributed by atoms with van der Waals surface area (Å²) in [5.41, 5.74) is 6.42. The van der Waals surface area contributed by atoms with Crippen molar-refractivity contribution in [2.24, 2.45) is 11.7 Å². The Labute approximate surface area is 98.2 Å². The van der Waals surface area contributed by atoms with E-state index in [1.165, 1.54) is 6.07 Å². The molecule has 2 aromatic rings. The highest BCUT2D eigenvalue weighted by atomic mass is 35.5. The first-order valence-corrected chi connectivity index (χ1v) is 5.51. The second kappa shape index (κ2) is 4.07. The molecular formula is C12H13ClFNO. The van der Waals surface area contributed by atoms with Gasteiger partial charge in [0.15, 0.2) is 5.82 Å². The standard InChI is InChI=1S/C12H13ClFNO/c1-6(2)12(15)10-5-7-9(16-10)4-3-8(13)11(7)14/h3-6,12H,15H2,1-2H3. The van der Waals surface area contributed by atoms with Crippen molar-refractivity contribution in [3.63, 3.8) is 0 Å². The molecule has 0 aliphatic carbocycles. The molecule has 0 bridgehead atoms. The van der Waals surface area contributed by atoms with E-state index in [4.69, 9.17) is 21.8 Å². The van der Waals surface area contributed by atoms with Crippen LogP contribution in [-0.2, 0) is 0 Å². The summed E-state index contributed by atoms with van der Waals surface area (Å²) < 4.78 is 19.1. The van der Waals surface area contributed by atoms with Crippen molar-refractivity contribution < 1.29 is 8.81 Å². The van der Waals surface area contributed by atoms with E-state index >= 15 is 0 Å². The molecular weight excluding hydrogens is 229 g/mol. The number of hydrogen-bond donors (Lipinski definition) is 1. The third kappa shape index (κ3) is 1.81. The van der Waals surface area contributed by atoms with Gasteiger partial charge in [-0.05, 0) is 24.1 Å². The Bertz CT molecular complexity index is 521. The molecule has 16 heavy (non-hydrogen) atoms. The predicted molar refractivity (Wildman–Crippen MR) is 62.9 cm³/mol. The summed E-state index contributed by atoms with van der Waals surface area (Å²) in [6.45, 7) is 3.97. The second-order valence-corrected chi connectivity index (χ2v) is 4.60. The molecule has 0 spiro atoms. The number of fused-ring (bicyclic) bond motifs is 1. The lowest BCUT2D eigenvalue weighted by molar-refractivity contribution is 0.418. The van der Waals surface area contributed by atoms with Crippen LogP contribution in [0, 0.1) is 11.7 Å². The van der Waals surface area contributed by atoms with Gasteiger partial charge in [0, 0.05) is 0 Å². The molecule has 86 valence electrons. The molecule has 0 radical (unpaired) electrons. The number of hydrogen-bond acceptors (Lipinski definition) is 2. The van der Waals surface area contributed by atoms with E-state index in [1.807, 2.05) is 13.8 Å². The summed E-state index contributed by atoms with van der Waals surface area (Å²) in [7, 11) is 0. The van der Waals surface area contributed by atoms with Gasteiger partial charge in [0.25, 0.3) is 0 Å². The number of halogens is 2. The van der Waals surface area contributed by atoms with Crippen LogP contribution in [0.5, 0.6) is 0 Å². The highest BCUT2D eigenvalue weighted by Gasteiger charge is 2.17. The van der Waals surface area contributed by atoms with Crippen LogP contribution in [0.15, 0.2) is 22.6 Å². The van der Waals surface area contributed by atoms with Crippen molar-refractivity contribution in [3.05, 3.63) is 34.8 Å². The molecule has 1 heterocycles. The number of rotatable bonds is 2. The van der Waals surface area contributed by atoms with Gasteiger partial charge in [0.05, 0.1) is 16.5 Å². The summed E-state index contributed by atoms with van der Waals surface area (Å²) in [5.74, 6) is 0.371. The van der Waals surface area contributed by atoms with E-state index in [-0.39, 0.29) is 17.0 Å². The van der Waals surface area contributed by atoms with Crippen LogP contribution in [0.3, 0.4) is 0 Å². The van der Waals surface area contributed by atoms with Crippen molar-refractivity contribution in [2.45, 2.75) is 19.9 Å². The molecule has 0 amide bonds. The van der Waals surface area contributed by atoms with E-state index in [0.29, 0.717) is 16.7 Å². The van der Waals surface area contributed by atoms with Gasteiger partial charge in [0.2, 0.25) is 0 Å². The third-order valence-corrected chi connectivity index (χ3v) is 2.95. The maximum absolute atomic E-state index is 13.6. The van der Waals surface area contributed by atoms with Crippen LogP contribution in [0.1, 0.15) is 25.6 Å². The van der Waals surface area contributed by atoms with Crippen molar-refractivity contribution in [3.8, 4) is 0 Å². The molecule has 0 aliphatic rings. The second-order valence-electron chi connectivity index (χ2n) is 4.19. The van der Waals surface area contributed by atoms with Crippen molar-refractivity contribution in [1.29, 1.82) is 0 Å². The highest BCUT2D eigenvalue weighted by molar-refractivity contribution is 6.31. The molecule has 1 aromatic carbocycles. The van der Waals surface area contributed by atoms with E-state index in [1.54, 1.807) is 12.1 Å². The Morgan fingerprint density at radius 3 is 2.69 bits per heavy atom. The molecule has 2 nitrogen and oxygen atoms in total. The Morgan fingerprint density at radius 2 is 2.06 bits per heavy atom. The minimum Gasteiger partial charge on any atom is -0.459 e. The van der Waals surface area contributed by atoms with Crippen molar-refractivity contribution in [1.82, 2.24) is 0 Å². The fraction of sp³-hybridized carbons (Fsp3) is 0.333. The van der Waals surface area contributed by atoms with Gasteiger partial charge < -0.3 is 10.2 Å². The van der Waals surface area contributed by atoms with Crippen molar-refractivity contribution in [2.75, 3.05) is 0 Å². The van der Waals surface area contributed by atoms with Crippen LogP contribution in [-0.4, -0.2) is 0 Å². The zero-order chi connectivity index (χ0) is 11.9.